The molecular weight excluding hydrogens is 393 g/mol. The SMILES string of the molecule is CC[C@@H](C)NC(=O)CN(c1cccc(C(F)(F)F)c1)S(=O)(=O)c1ccccc1. The van der Waals surface area contributed by atoms with Gasteiger partial charge in [0.05, 0.1) is 16.1 Å². The van der Waals surface area contributed by atoms with Crippen molar-refractivity contribution < 1.29 is 26.4 Å². The molecular formula is C19H21F3N2O3S. The second-order valence-electron chi connectivity index (χ2n) is 6.25. The first-order valence-corrected chi connectivity index (χ1v) is 10.0. The first-order chi connectivity index (χ1) is 13.1. The van der Waals surface area contributed by atoms with Crippen LogP contribution in [0.4, 0.5) is 18.9 Å². The summed E-state index contributed by atoms with van der Waals surface area (Å²) in [7, 11) is -4.25. The Bertz CT molecular complexity index is 916. The Morgan fingerprint density at radius 2 is 1.75 bits per heavy atom. The van der Waals surface area contributed by atoms with E-state index in [9.17, 15) is 26.4 Å². The topological polar surface area (TPSA) is 66.5 Å². The van der Waals surface area contributed by atoms with Crippen LogP contribution >= 0.6 is 0 Å². The number of halogens is 3. The zero-order valence-electron chi connectivity index (χ0n) is 15.4. The maximum Gasteiger partial charge on any atom is 0.416 e. The zero-order valence-corrected chi connectivity index (χ0v) is 16.2. The van der Waals surface area contributed by atoms with Crippen LogP contribution in [-0.4, -0.2) is 26.9 Å². The second-order valence-corrected chi connectivity index (χ2v) is 8.11. The van der Waals surface area contributed by atoms with Gasteiger partial charge in [-0.2, -0.15) is 13.2 Å². The third-order valence-electron chi connectivity index (χ3n) is 4.10. The van der Waals surface area contributed by atoms with Gasteiger partial charge in [-0.3, -0.25) is 9.10 Å². The molecule has 1 amide bonds. The molecule has 152 valence electrons. The van der Waals surface area contributed by atoms with Gasteiger partial charge in [0.2, 0.25) is 5.91 Å². The molecule has 0 aromatic heterocycles. The average Bonchev–Trinajstić information content (AvgIpc) is 2.66. The quantitative estimate of drug-likeness (QED) is 0.749. The summed E-state index contributed by atoms with van der Waals surface area (Å²) in [5.74, 6) is -0.605. The molecule has 2 aromatic rings. The number of nitrogens with zero attached hydrogens (tertiary/aromatic N) is 1. The van der Waals surface area contributed by atoms with Crippen LogP contribution in [0.25, 0.3) is 0 Å². The third kappa shape index (κ3) is 5.25. The van der Waals surface area contributed by atoms with Crippen LogP contribution in [0.3, 0.4) is 0 Å². The number of nitrogens with one attached hydrogen (secondary N) is 1. The third-order valence-corrected chi connectivity index (χ3v) is 5.89. The summed E-state index contributed by atoms with van der Waals surface area (Å²) in [6.45, 7) is 2.96. The molecule has 0 unspecified atom stereocenters. The largest absolute Gasteiger partial charge is 0.416 e. The van der Waals surface area contributed by atoms with Crippen LogP contribution in [0.1, 0.15) is 25.8 Å². The van der Waals surface area contributed by atoms with Gasteiger partial charge in [0, 0.05) is 6.04 Å². The van der Waals surface area contributed by atoms with E-state index in [2.05, 4.69) is 5.32 Å². The number of benzene rings is 2. The summed E-state index contributed by atoms with van der Waals surface area (Å²) in [6, 6.07) is 11.0. The highest BCUT2D eigenvalue weighted by molar-refractivity contribution is 7.92. The Morgan fingerprint density at radius 3 is 2.32 bits per heavy atom. The molecule has 0 heterocycles. The summed E-state index contributed by atoms with van der Waals surface area (Å²) < 4.78 is 66.0. The lowest BCUT2D eigenvalue weighted by atomic mass is 10.2. The lowest BCUT2D eigenvalue weighted by Crippen LogP contribution is -2.43. The van der Waals surface area contributed by atoms with Crippen LogP contribution in [0.2, 0.25) is 0 Å². The average molecular weight is 414 g/mol. The number of rotatable bonds is 7. The molecule has 0 fully saturated rings. The first kappa shape index (κ1) is 21.7. The first-order valence-electron chi connectivity index (χ1n) is 8.60. The molecule has 1 atom stereocenters. The van der Waals surface area contributed by atoms with Crippen molar-refractivity contribution >= 4 is 21.6 Å². The predicted molar refractivity (Wildman–Crippen MR) is 100 cm³/mol. The van der Waals surface area contributed by atoms with E-state index in [1.807, 2.05) is 6.92 Å². The van der Waals surface area contributed by atoms with Crippen molar-refractivity contribution in [3.05, 3.63) is 60.2 Å². The zero-order chi connectivity index (χ0) is 20.9. The van der Waals surface area contributed by atoms with Gasteiger partial charge < -0.3 is 5.32 Å². The number of amides is 1. The fourth-order valence-corrected chi connectivity index (χ4v) is 3.86. The molecule has 0 aliphatic carbocycles. The maximum absolute atomic E-state index is 13.1. The number of anilines is 1. The van der Waals surface area contributed by atoms with Crippen molar-refractivity contribution in [1.82, 2.24) is 5.32 Å². The molecule has 9 heteroatoms. The van der Waals surface area contributed by atoms with Gasteiger partial charge in [0.25, 0.3) is 10.0 Å². The Hall–Kier alpha value is -2.55. The van der Waals surface area contributed by atoms with Gasteiger partial charge in [0.1, 0.15) is 6.54 Å². The lowest BCUT2D eigenvalue weighted by Gasteiger charge is -2.25. The van der Waals surface area contributed by atoms with Crippen molar-refractivity contribution in [2.75, 3.05) is 10.8 Å². The molecule has 2 rings (SSSR count). The van der Waals surface area contributed by atoms with Crippen LogP contribution in [0.5, 0.6) is 0 Å². The van der Waals surface area contributed by atoms with Crippen molar-refractivity contribution in [2.45, 2.75) is 37.4 Å². The summed E-state index contributed by atoms with van der Waals surface area (Å²) in [4.78, 5) is 12.2. The van der Waals surface area contributed by atoms with E-state index < -0.39 is 34.2 Å². The molecule has 0 aliphatic rings. The van der Waals surface area contributed by atoms with Gasteiger partial charge in [-0.1, -0.05) is 31.2 Å². The Balaban J connectivity index is 2.50. The van der Waals surface area contributed by atoms with Gasteiger partial charge in [-0.05, 0) is 43.7 Å². The van der Waals surface area contributed by atoms with E-state index in [0.29, 0.717) is 10.7 Å². The monoisotopic (exact) mass is 414 g/mol. The van der Waals surface area contributed by atoms with Crippen LogP contribution in [0.15, 0.2) is 59.5 Å². The number of alkyl halides is 3. The molecule has 0 spiro atoms. The minimum atomic E-state index is -4.64. The Morgan fingerprint density at radius 1 is 1.11 bits per heavy atom. The molecule has 0 saturated carbocycles. The Kier molecular flexibility index (Phi) is 6.71. The minimum Gasteiger partial charge on any atom is -0.352 e. The van der Waals surface area contributed by atoms with E-state index >= 15 is 0 Å². The molecule has 2 aromatic carbocycles. The number of hydrogen-bond acceptors (Lipinski definition) is 3. The molecule has 0 aliphatic heterocycles. The number of carbonyl (C=O) groups is 1. The van der Waals surface area contributed by atoms with Gasteiger partial charge in [-0.25, -0.2) is 8.42 Å². The number of carbonyl (C=O) groups excluding carboxylic acids is 1. The van der Waals surface area contributed by atoms with Crippen LogP contribution < -0.4 is 9.62 Å². The van der Waals surface area contributed by atoms with Gasteiger partial charge in [0.15, 0.2) is 0 Å². The second kappa shape index (κ2) is 8.64. The van der Waals surface area contributed by atoms with Gasteiger partial charge in [-0.15, -0.1) is 0 Å². The van der Waals surface area contributed by atoms with Crippen molar-refractivity contribution in [3.8, 4) is 0 Å². The highest BCUT2D eigenvalue weighted by Gasteiger charge is 2.33. The molecule has 0 radical (unpaired) electrons. The van der Waals surface area contributed by atoms with E-state index in [0.717, 1.165) is 18.2 Å². The van der Waals surface area contributed by atoms with Crippen LogP contribution in [-0.2, 0) is 21.0 Å². The summed E-state index contributed by atoms with van der Waals surface area (Å²) >= 11 is 0. The lowest BCUT2D eigenvalue weighted by molar-refractivity contribution is -0.137. The van der Waals surface area contributed by atoms with E-state index in [1.54, 1.807) is 13.0 Å². The smallest absolute Gasteiger partial charge is 0.352 e. The highest BCUT2D eigenvalue weighted by atomic mass is 32.2. The summed E-state index contributed by atoms with van der Waals surface area (Å²) in [5, 5.41) is 2.63. The summed E-state index contributed by atoms with van der Waals surface area (Å²) in [5.41, 5.74) is -1.24. The number of hydrogen-bond donors (Lipinski definition) is 1. The fourth-order valence-electron chi connectivity index (χ4n) is 2.43. The van der Waals surface area contributed by atoms with E-state index in [1.165, 1.54) is 30.3 Å². The fraction of sp³-hybridized carbons (Fsp3) is 0.316. The number of sulfonamides is 1. The standard InChI is InChI=1S/C19H21F3N2O3S/c1-3-14(2)23-18(25)13-24(28(26,27)17-10-5-4-6-11-17)16-9-7-8-15(12-16)19(20,21)22/h4-12,14H,3,13H2,1-2H3,(H,23,25)/t14-/m1/s1. The normalized spacial score (nSPS) is 13.0. The molecule has 28 heavy (non-hydrogen) atoms. The molecule has 1 N–H and O–H groups in total. The molecule has 0 saturated heterocycles. The van der Waals surface area contributed by atoms with Crippen molar-refractivity contribution in [3.63, 3.8) is 0 Å². The van der Waals surface area contributed by atoms with Gasteiger partial charge >= 0.3 is 6.18 Å². The molecule has 5 nitrogen and oxygen atoms in total. The van der Waals surface area contributed by atoms with Crippen molar-refractivity contribution in [2.24, 2.45) is 0 Å². The van der Waals surface area contributed by atoms with E-state index in [4.69, 9.17) is 0 Å². The Labute approximate surface area is 162 Å². The van der Waals surface area contributed by atoms with E-state index in [-0.39, 0.29) is 16.6 Å². The predicted octanol–water partition coefficient (Wildman–Crippen LogP) is 3.82. The summed E-state index contributed by atoms with van der Waals surface area (Å²) in [6.07, 6.45) is -4.02. The highest BCUT2D eigenvalue weighted by Crippen LogP contribution is 2.33. The maximum atomic E-state index is 13.1. The van der Waals surface area contributed by atoms with Crippen molar-refractivity contribution in [1.29, 1.82) is 0 Å². The van der Waals surface area contributed by atoms with Crippen LogP contribution in [0, 0.1) is 0 Å². The minimum absolute atomic E-state index is 0.122. The molecule has 0 bridgehead atoms.